The van der Waals surface area contributed by atoms with Gasteiger partial charge in [-0.25, -0.2) is 0 Å². The van der Waals surface area contributed by atoms with Crippen molar-refractivity contribution in [1.29, 1.82) is 0 Å². The second-order valence-electron chi connectivity index (χ2n) is 3.79. The van der Waals surface area contributed by atoms with E-state index in [1.807, 2.05) is 0 Å². The van der Waals surface area contributed by atoms with Crippen molar-refractivity contribution >= 4 is 5.78 Å². The van der Waals surface area contributed by atoms with Crippen LogP contribution in [0.15, 0.2) is 0 Å². The lowest BCUT2D eigenvalue weighted by Crippen LogP contribution is -2.29. The largest absolute Gasteiger partial charge is 0.300 e. The van der Waals surface area contributed by atoms with Gasteiger partial charge in [-0.05, 0) is 31.1 Å². The maximum atomic E-state index is 11.7. The first-order valence-corrected chi connectivity index (χ1v) is 4.53. The highest BCUT2D eigenvalue weighted by atomic mass is 16.1. The van der Waals surface area contributed by atoms with E-state index >= 15 is 0 Å². The highest BCUT2D eigenvalue weighted by Crippen LogP contribution is 2.46. The summed E-state index contributed by atoms with van der Waals surface area (Å²) in [4.78, 5) is 11.7. The predicted octanol–water partition coefficient (Wildman–Crippen LogP) is 3.08. The number of carbonyl (C=O) groups is 1. The molecule has 0 radical (unpaired) electrons. The zero-order chi connectivity index (χ0) is 13.8. The van der Waals surface area contributed by atoms with E-state index in [2.05, 4.69) is 0 Å². The molecule has 0 amide bonds. The van der Waals surface area contributed by atoms with E-state index in [1.165, 1.54) is 0 Å². The van der Waals surface area contributed by atoms with Crippen molar-refractivity contribution in [3.8, 4) is 0 Å². The average molecular weight is 172 g/mol. The topological polar surface area (TPSA) is 17.1 Å². The molecule has 0 unspecified atom stereocenters. The first kappa shape index (κ1) is 3.81. The number of ketones is 1. The standard InChI is InChI=1S/C11H18O/c12-10-4-8-11(9-5-10)6-2-1-3-7-11/h1-9H2/i1D2,4D2,5D2. The molecule has 2 rings (SSSR count). The van der Waals surface area contributed by atoms with E-state index in [9.17, 15) is 4.79 Å². The van der Waals surface area contributed by atoms with Crippen LogP contribution in [-0.2, 0) is 4.79 Å². The normalized spacial score (nSPS) is 49.2. The molecule has 0 atom stereocenters. The van der Waals surface area contributed by atoms with Gasteiger partial charge in [-0.1, -0.05) is 19.2 Å². The molecule has 0 heterocycles. The van der Waals surface area contributed by atoms with Crippen molar-refractivity contribution in [3.05, 3.63) is 0 Å². The van der Waals surface area contributed by atoms with Gasteiger partial charge in [0.1, 0.15) is 5.78 Å². The lowest BCUT2D eigenvalue weighted by molar-refractivity contribution is -0.122. The van der Waals surface area contributed by atoms with Crippen LogP contribution in [0.25, 0.3) is 0 Å². The van der Waals surface area contributed by atoms with Crippen LogP contribution in [0.1, 0.15) is 65.9 Å². The van der Waals surface area contributed by atoms with E-state index in [4.69, 9.17) is 8.22 Å². The molecule has 2 aliphatic rings. The molecule has 0 aromatic heterocycles. The molecule has 0 bridgehead atoms. The van der Waals surface area contributed by atoms with Crippen molar-refractivity contribution in [1.82, 2.24) is 0 Å². The van der Waals surface area contributed by atoms with Crippen molar-refractivity contribution in [2.24, 2.45) is 5.41 Å². The van der Waals surface area contributed by atoms with E-state index in [-0.39, 0.29) is 12.8 Å². The molecular weight excluding hydrogens is 148 g/mol. The Labute approximate surface area is 83.0 Å². The van der Waals surface area contributed by atoms with E-state index < -0.39 is 30.3 Å². The maximum Gasteiger partial charge on any atom is 0.132 e. The third-order valence-electron chi connectivity index (χ3n) is 2.91. The number of carbonyl (C=O) groups excluding carboxylic acids is 1. The van der Waals surface area contributed by atoms with Crippen LogP contribution in [0.4, 0.5) is 0 Å². The zero-order valence-corrected chi connectivity index (χ0v) is 7.15. The second-order valence-corrected chi connectivity index (χ2v) is 3.79. The third kappa shape index (κ3) is 1.55. The van der Waals surface area contributed by atoms with Crippen LogP contribution in [0, 0.1) is 5.41 Å². The molecule has 12 heavy (non-hydrogen) atoms. The van der Waals surface area contributed by atoms with E-state index in [0.29, 0.717) is 25.7 Å². The molecule has 1 nitrogen and oxygen atoms in total. The lowest BCUT2D eigenvalue weighted by Gasteiger charge is -2.39. The molecule has 2 saturated carbocycles. The lowest BCUT2D eigenvalue weighted by atomic mass is 9.65. The molecule has 1 spiro atoms. The highest BCUT2D eigenvalue weighted by molar-refractivity contribution is 5.79. The fourth-order valence-electron chi connectivity index (χ4n) is 1.97. The zero-order valence-electron chi connectivity index (χ0n) is 13.2. The van der Waals surface area contributed by atoms with Crippen molar-refractivity contribution in [3.63, 3.8) is 0 Å². The Hall–Kier alpha value is -0.330. The minimum atomic E-state index is -2.12. The average Bonchev–Trinajstić information content (AvgIpc) is 2.19. The van der Waals surface area contributed by atoms with Crippen molar-refractivity contribution in [2.75, 3.05) is 0 Å². The molecule has 2 fully saturated rings. The van der Waals surface area contributed by atoms with E-state index in [1.54, 1.807) is 0 Å². The van der Waals surface area contributed by atoms with Gasteiger partial charge in [0.2, 0.25) is 0 Å². The summed E-state index contributed by atoms with van der Waals surface area (Å²) >= 11 is 0. The fraction of sp³-hybridized carbons (Fsp3) is 0.909. The van der Waals surface area contributed by atoms with Crippen LogP contribution < -0.4 is 0 Å². The number of hydrogen-bond donors (Lipinski definition) is 0. The maximum absolute atomic E-state index is 11.7. The molecule has 0 aromatic rings. The van der Waals surface area contributed by atoms with Crippen LogP contribution in [0.5, 0.6) is 0 Å². The predicted molar refractivity (Wildman–Crippen MR) is 49.0 cm³/mol. The molecule has 1 heteroatoms. The third-order valence-corrected chi connectivity index (χ3v) is 2.91. The minimum Gasteiger partial charge on any atom is -0.300 e. The summed E-state index contributed by atoms with van der Waals surface area (Å²) in [6.45, 7) is 0. The monoisotopic (exact) mass is 172 g/mol. The molecule has 0 aliphatic heterocycles. The van der Waals surface area contributed by atoms with Gasteiger partial charge >= 0.3 is 0 Å². The van der Waals surface area contributed by atoms with Crippen LogP contribution in [0.2, 0.25) is 0 Å². The van der Waals surface area contributed by atoms with E-state index in [0.717, 1.165) is 0 Å². The van der Waals surface area contributed by atoms with Gasteiger partial charge < -0.3 is 0 Å². The summed E-state index contributed by atoms with van der Waals surface area (Å²) < 4.78 is 46.3. The quantitative estimate of drug-likeness (QED) is 0.549. The summed E-state index contributed by atoms with van der Waals surface area (Å²) in [6.07, 6.45) is -3.81. The van der Waals surface area contributed by atoms with Gasteiger partial charge in [-0.2, -0.15) is 0 Å². The van der Waals surface area contributed by atoms with Gasteiger partial charge in [0.15, 0.2) is 0 Å². The van der Waals surface area contributed by atoms with Crippen LogP contribution in [-0.4, -0.2) is 5.78 Å². The minimum absolute atomic E-state index is 0.0361. The Morgan fingerprint density at radius 3 is 2.25 bits per heavy atom. The highest BCUT2D eigenvalue weighted by Gasteiger charge is 2.35. The van der Waals surface area contributed by atoms with Gasteiger partial charge in [0.25, 0.3) is 0 Å². The number of rotatable bonds is 0. The molecule has 2 aliphatic carbocycles. The van der Waals surface area contributed by atoms with Gasteiger partial charge in [0, 0.05) is 21.0 Å². The van der Waals surface area contributed by atoms with Gasteiger partial charge in [0.05, 0.1) is 0 Å². The van der Waals surface area contributed by atoms with Crippen molar-refractivity contribution in [2.45, 2.75) is 57.6 Å². The Balaban J connectivity index is 2.24. The fourth-order valence-corrected chi connectivity index (χ4v) is 1.97. The summed E-state index contributed by atoms with van der Waals surface area (Å²) in [5.41, 5.74) is -0.549. The Bertz CT molecular complexity index is 344. The molecule has 68 valence electrons. The summed E-state index contributed by atoms with van der Waals surface area (Å²) in [6, 6.07) is 0. The first-order valence-electron chi connectivity index (χ1n) is 7.53. The van der Waals surface area contributed by atoms with Crippen LogP contribution in [0.3, 0.4) is 0 Å². The summed E-state index contributed by atoms with van der Waals surface area (Å²) in [5, 5.41) is 0. The Morgan fingerprint density at radius 2 is 1.67 bits per heavy atom. The number of Topliss-reactive ketones (excluding diaryl/α,β-unsaturated/α-hetero) is 1. The molecule has 0 aromatic carbocycles. The second kappa shape index (κ2) is 3.20. The first-order chi connectivity index (χ1) is 7.98. The van der Waals surface area contributed by atoms with Gasteiger partial charge in [-0.15, -0.1) is 0 Å². The summed E-state index contributed by atoms with van der Waals surface area (Å²) in [7, 11) is 0. The smallest absolute Gasteiger partial charge is 0.132 e. The summed E-state index contributed by atoms with van der Waals surface area (Å²) in [5.74, 6) is -0.950. The number of hydrogen-bond acceptors (Lipinski definition) is 1. The Kier molecular flexibility index (Phi) is 1.02. The SMILES string of the molecule is [2H]C1([2H])CCC2(CC1)CC([2H])([2H])C(=O)C([2H])([2H])C2. The molecule has 0 N–H and O–H groups in total. The van der Waals surface area contributed by atoms with Crippen LogP contribution >= 0.6 is 0 Å². The van der Waals surface area contributed by atoms with Gasteiger partial charge in [-0.3, -0.25) is 4.79 Å². The Morgan fingerprint density at radius 1 is 1.08 bits per heavy atom. The molecular formula is C11H18O. The molecule has 0 saturated heterocycles. The van der Waals surface area contributed by atoms with Crippen molar-refractivity contribution < 1.29 is 13.0 Å².